The Morgan fingerprint density at radius 1 is 1.11 bits per heavy atom. The number of carbonyl (C=O) groups excluding carboxylic acids is 1. The molecule has 2 aromatic carbocycles. The molecule has 3 nitrogen and oxygen atoms in total. The second-order valence-electron chi connectivity index (χ2n) is 4.59. The molecule has 2 rings (SSSR count). The zero-order chi connectivity index (χ0) is 14.0. The fourth-order valence-electron chi connectivity index (χ4n) is 2.06. The van der Waals surface area contributed by atoms with Crippen LogP contribution in [0, 0.1) is 0 Å². The standard InChI is InChI=1S/C15H15ClN2O/c1-15(14(18)19,10-5-3-2-4-6-10)11-7-8-13(17)12(16)9-11/h2-9H,17H2,1H3,(H2,18,19). The fourth-order valence-corrected chi connectivity index (χ4v) is 2.24. The van der Waals surface area contributed by atoms with Crippen molar-refractivity contribution in [2.24, 2.45) is 5.73 Å². The Hall–Kier alpha value is -2.00. The quantitative estimate of drug-likeness (QED) is 0.845. The van der Waals surface area contributed by atoms with Gasteiger partial charge in [0, 0.05) is 0 Å². The first-order chi connectivity index (χ1) is 8.96. The van der Waals surface area contributed by atoms with E-state index in [-0.39, 0.29) is 0 Å². The normalized spacial score (nSPS) is 13.8. The molecular weight excluding hydrogens is 260 g/mol. The van der Waals surface area contributed by atoms with Gasteiger partial charge >= 0.3 is 0 Å². The van der Waals surface area contributed by atoms with Crippen LogP contribution in [0.5, 0.6) is 0 Å². The molecule has 4 heteroatoms. The van der Waals surface area contributed by atoms with Gasteiger partial charge < -0.3 is 11.5 Å². The van der Waals surface area contributed by atoms with Crippen LogP contribution in [-0.2, 0) is 10.2 Å². The Kier molecular flexibility index (Phi) is 3.49. The van der Waals surface area contributed by atoms with Crippen molar-refractivity contribution in [3.05, 3.63) is 64.7 Å². The molecule has 1 unspecified atom stereocenters. The molecule has 19 heavy (non-hydrogen) atoms. The third-order valence-corrected chi connectivity index (χ3v) is 3.75. The number of rotatable bonds is 3. The molecule has 0 aliphatic carbocycles. The van der Waals surface area contributed by atoms with Crippen LogP contribution in [0.25, 0.3) is 0 Å². The Balaban J connectivity index is 2.63. The summed E-state index contributed by atoms with van der Waals surface area (Å²) in [6.45, 7) is 1.78. The van der Waals surface area contributed by atoms with E-state index in [0.29, 0.717) is 10.7 Å². The van der Waals surface area contributed by atoms with Crippen LogP contribution in [0.3, 0.4) is 0 Å². The van der Waals surface area contributed by atoms with Crippen molar-refractivity contribution in [1.82, 2.24) is 0 Å². The summed E-state index contributed by atoms with van der Waals surface area (Å²) < 4.78 is 0. The molecule has 0 aliphatic heterocycles. The molecule has 0 saturated heterocycles. The first-order valence-electron chi connectivity index (χ1n) is 5.87. The van der Waals surface area contributed by atoms with E-state index in [1.807, 2.05) is 30.3 Å². The lowest BCUT2D eigenvalue weighted by atomic mass is 9.75. The van der Waals surface area contributed by atoms with Gasteiger partial charge in [0.15, 0.2) is 0 Å². The molecule has 1 atom stereocenters. The number of halogens is 1. The van der Waals surface area contributed by atoms with Gasteiger partial charge in [0.2, 0.25) is 5.91 Å². The number of hydrogen-bond acceptors (Lipinski definition) is 2. The summed E-state index contributed by atoms with van der Waals surface area (Å²) in [6, 6.07) is 14.5. The molecular formula is C15H15ClN2O. The van der Waals surface area contributed by atoms with Crippen molar-refractivity contribution in [1.29, 1.82) is 0 Å². The van der Waals surface area contributed by atoms with Gasteiger partial charge in [-0.3, -0.25) is 4.79 Å². The van der Waals surface area contributed by atoms with Crippen molar-refractivity contribution in [3.8, 4) is 0 Å². The average Bonchev–Trinajstić information content (AvgIpc) is 2.41. The Morgan fingerprint density at radius 3 is 2.26 bits per heavy atom. The zero-order valence-electron chi connectivity index (χ0n) is 10.6. The molecule has 0 aromatic heterocycles. The number of benzene rings is 2. The summed E-state index contributed by atoms with van der Waals surface area (Å²) in [7, 11) is 0. The number of amides is 1. The van der Waals surface area contributed by atoms with Gasteiger partial charge in [-0.2, -0.15) is 0 Å². The number of nitrogen functional groups attached to an aromatic ring is 1. The maximum atomic E-state index is 12.0. The molecule has 4 N–H and O–H groups in total. The highest BCUT2D eigenvalue weighted by Crippen LogP contribution is 2.34. The van der Waals surface area contributed by atoms with E-state index >= 15 is 0 Å². The van der Waals surface area contributed by atoms with Crippen molar-refractivity contribution in [3.63, 3.8) is 0 Å². The molecule has 0 aliphatic rings. The highest BCUT2D eigenvalue weighted by atomic mass is 35.5. The summed E-state index contributed by atoms with van der Waals surface area (Å²) in [4.78, 5) is 12.0. The molecule has 0 fully saturated rings. The number of primary amides is 1. The maximum absolute atomic E-state index is 12.0. The minimum atomic E-state index is -0.932. The third kappa shape index (κ3) is 2.29. The van der Waals surface area contributed by atoms with Crippen LogP contribution in [0.2, 0.25) is 5.02 Å². The average molecular weight is 275 g/mol. The molecule has 0 spiro atoms. The number of hydrogen-bond donors (Lipinski definition) is 2. The van der Waals surface area contributed by atoms with E-state index in [9.17, 15) is 4.79 Å². The second-order valence-corrected chi connectivity index (χ2v) is 5.00. The van der Waals surface area contributed by atoms with E-state index in [4.69, 9.17) is 23.1 Å². The maximum Gasteiger partial charge on any atom is 0.232 e. The van der Waals surface area contributed by atoms with E-state index < -0.39 is 11.3 Å². The molecule has 0 radical (unpaired) electrons. The third-order valence-electron chi connectivity index (χ3n) is 3.42. The van der Waals surface area contributed by atoms with Crippen molar-refractivity contribution < 1.29 is 4.79 Å². The van der Waals surface area contributed by atoms with Gasteiger partial charge in [-0.25, -0.2) is 0 Å². The minimum Gasteiger partial charge on any atom is -0.398 e. The summed E-state index contributed by atoms with van der Waals surface area (Å²) in [5, 5.41) is 0.418. The SMILES string of the molecule is CC(C(N)=O)(c1ccccc1)c1ccc(N)c(Cl)c1. The molecule has 98 valence electrons. The number of anilines is 1. The number of nitrogens with two attached hydrogens (primary N) is 2. The monoisotopic (exact) mass is 274 g/mol. The van der Waals surface area contributed by atoms with Crippen LogP contribution in [0.4, 0.5) is 5.69 Å². The van der Waals surface area contributed by atoms with E-state index in [1.54, 1.807) is 25.1 Å². The predicted molar refractivity (Wildman–Crippen MR) is 78.0 cm³/mol. The molecule has 0 bridgehead atoms. The fraction of sp³-hybridized carbons (Fsp3) is 0.133. The first-order valence-corrected chi connectivity index (χ1v) is 6.25. The van der Waals surface area contributed by atoms with E-state index in [1.165, 1.54) is 0 Å². The topological polar surface area (TPSA) is 69.1 Å². The zero-order valence-corrected chi connectivity index (χ0v) is 11.3. The lowest BCUT2D eigenvalue weighted by Crippen LogP contribution is -2.39. The van der Waals surface area contributed by atoms with E-state index in [0.717, 1.165) is 11.1 Å². The summed E-state index contributed by atoms with van der Waals surface area (Å²) in [5.41, 5.74) is 12.4. The molecule has 0 saturated carbocycles. The predicted octanol–water partition coefficient (Wildman–Crippen LogP) is 2.71. The van der Waals surface area contributed by atoms with Gasteiger partial charge in [0.25, 0.3) is 0 Å². The second kappa shape index (κ2) is 4.94. The summed E-state index contributed by atoms with van der Waals surface area (Å²) in [5.74, 6) is -0.431. The van der Waals surface area contributed by atoms with Crippen LogP contribution >= 0.6 is 11.6 Å². The minimum absolute atomic E-state index is 0.418. The lowest BCUT2D eigenvalue weighted by molar-refractivity contribution is -0.121. The smallest absolute Gasteiger partial charge is 0.232 e. The van der Waals surface area contributed by atoms with Crippen LogP contribution < -0.4 is 11.5 Å². The highest BCUT2D eigenvalue weighted by molar-refractivity contribution is 6.33. The highest BCUT2D eigenvalue weighted by Gasteiger charge is 2.35. The number of carbonyl (C=O) groups is 1. The molecule has 1 amide bonds. The first kappa shape index (κ1) is 13.4. The van der Waals surface area contributed by atoms with E-state index in [2.05, 4.69) is 0 Å². The van der Waals surface area contributed by atoms with Crippen LogP contribution in [0.1, 0.15) is 18.1 Å². The van der Waals surface area contributed by atoms with Gasteiger partial charge in [-0.1, -0.05) is 48.0 Å². The Morgan fingerprint density at radius 2 is 1.74 bits per heavy atom. The summed E-state index contributed by atoms with van der Waals surface area (Å²) in [6.07, 6.45) is 0. The van der Waals surface area contributed by atoms with Gasteiger partial charge in [0.05, 0.1) is 16.1 Å². The summed E-state index contributed by atoms with van der Waals surface area (Å²) >= 11 is 6.03. The molecule has 2 aromatic rings. The van der Waals surface area contributed by atoms with Gasteiger partial charge in [-0.15, -0.1) is 0 Å². The largest absolute Gasteiger partial charge is 0.398 e. The Labute approximate surface area is 117 Å². The van der Waals surface area contributed by atoms with Gasteiger partial charge in [-0.05, 0) is 30.2 Å². The molecule has 0 heterocycles. The van der Waals surface area contributed by atoms with Crippen LogP contribution in [0.15, 0.2) is 48.5 Å². The lowest BCUT2D eigenvalue weighted by Gasteiger charge is -2.27. The van der Waals surface area contributed by atoms with Crippen molar-refractivity contribution >= 4 is 23.2 Å². The Bertz CT molecular complexity index is 613. The van der Waals surface area contributed by atoms with Crippen LogP contribution in [-0.4, -0.2) is 5.91 Å². The van der Waals surface area contributed by atoms with Crippen molar-refractivity contribution in [2.45, 2.75) is 12.3 Å². The van der Waals surface area contributed by atoms with Gasteiger partial charge in [0.1, 0.15) is 0 Å². The van der Waals surface area contributed by atoms with Crippen molar-refractivity contribution in [2.75, 3.05) is 5.73 Å².